The Kier molecular flexibility index (Phi) is 5.45. The summed E-state index contributed by atoms with van der Waals surface area (Å²) in [7, 11) is -4.04. The first-order chi connectivity index (χ1) is 12.7. The van der Waals surface area contributed by atoms with Gasteiger partial charge in [0.2, 0.25) is 10.0 Å². The van der Waals surface area contributed by atoms with Gasteiger partial charge in [0, 0.05) is 26.2 Å². The number of hydrogen-bond donors (Lipinski definition) is 0. The topological polar surface area (TPSA) is 57.7 Å². The number of hydrogen-bond acceptors (Lipinski definition) is 3. The summed E-state index contributed by atoms with van der Waals surface area (Å²) in [5, 5.41) is -0.236. The maximum Gasteiger partial charge on any atom is 0.255 e. The van der Waals surface area contributed by atoms with E-state index in [0.717, 1.165) is 10.4 Å². The molecule has 0 radical (unpaired) electrons. The number of nitrogens with zero attached hydrogens (tertiary/aromatic N) is 2. The van der Waals surface area contributed by atoms with Gasteiger partial charge in [0.1, 0.15) is 10.7 Å². The number of carbonyl (C=O) groups excluding carboxylic acids is 1. The number of rotatable bonds is 3. The molecule has 144 valence electrons. The molecule has 0 saturated carbocycles. The van der Waals surface area contributed by atoms with E-state index < -0.39 is 38.3 Å². The molecule has 0 unspecified atom stereocenters. The van der Waals surface area contributed by atoms with E-state index in [0.29, 0.717) is 12.1 Å². The van der Waals surface area contributed by atoms with Gasteiger partial charge in [-0.25, -0.2) is 21.6 Å². The largest absolute Gasteiger partial charge is 0.336 e. The summed E-state index contributed by atoms with van der Waals surface area (Å²) in [6, 6.07) is 6.45. The lowest BCUT2D eigenvalue weighted by Gasteiger charge is -2.34. The average molecular weight is 419 g/mol. The highest BCUT2D eigenvalue weighted by atomic mass is 35.5. The van der Waals surface area contributed by atoms with E-state index in [1.165, 1.54) is 23.1 Å². The minimum absolute atomic E-state index is 0.00183. The van der Waals surface area contributed by atoms with Crippen molar-refractivity contribution in [1.29, 1.82) is 0 Å². The van der Waals surface area contributed by atoms with Gasteiger partial charge in [-0.15, -0.1) is 0 Å². The number of halogens is 4. The van der Waals surface area contributed by atoms with E-state index in [2.05, 4.69) is 0 Å². The summed E-state index contributed by atoms with van der Waals surface area (Å²) in [5.41, 5.74) is -0.207. The summed E-state index contributed by atoms with van der Waals surface area (Å²) in [4.78, 5) is 13.3. The van der Waals surface area contributed by atoms with Crippen molar-refractivity contribution in [2.24, 2.45) is 0 Å². The Hall–Kier alpha value is -2.10. The van der Waals surface area contributed by atoms with Gasteiger partial charge in [-0.3, -0.25) is 4.79 Å². The summed E-state index contributed by atoms with van der Waals surface area (Å²) in [5.74, 6) is -3.87. The van der Waals surface area contributed by atoms with Crippen molar-refractivity contribution < 1.29 is 26.4 Å². The van der Waals surface area contributed by atoms with Crippen molar-refractivity contribution in [3.05, 3.63) is 64.4 Å². The zero-order chi connectivity index (χ0) is 19.8. The van der Waals surface area contributed by atoms with E-state index in [9.17, 15) is 26.4 Å². The number of carbonyl (C=O) groups is 1. The van der Waals surface area contributed by atoms with Crippen LogP contribution in [0.5, 0.6) is 0 Å². The minimum Gasteiger partial charge on any atom is -0.336 e. The minimum atomic E-state index is -4.04. The van der Waals surface area contributed by atoms with E-state index in [1.54, 1.807) is 0 Å². The molecule has 0 N–H and O–H groups in total. The van der Waals surface area contributed by atoms with Gasteiger partial charge in [-0.05, 0) is 24.3 Å². The molecule has 0 bridgehead atoms. The van der Waals surface area contributed by atoms with Crippen LogP contribution in [-0.4, -0.2) is 49.7 Å². The van der Waals surface area contributed by atoms with Gasteiger partial charge in [-0.2, -0.15) is 4.31 Å². The van der Waals surface area contributed by atoms with Gasteiger partial charge < -0.3 is 4.90 Å². The van der Waals surface area contributed by atoms with Crippen LogP contribution in [0.4, 0.5) is 13.2 Å². The fourth-order valence-corrected chi connectivity index (χ4v) is 4.50. The molecule has 1 aliphatic rings. The Morgan fingerprint density at radius 2 is 1.52 bits per heavy atom. The second-order valence-corrected chi connectivity index (χ2v) is 8.19. The lowest BCUT2D eigenvalue weighted by Crippen LogP contribution is -2.50. The molecular formula is C17H14ClF3N2O3S. The van der Waals surface area contributed by atoms with Crippen molar-refractivity contribution in [3.63, 3.8) is 0 Å². The number of sulfonamides is 1. The summed E-state index contributed by atoms with van der Waals surface area (Å²) >= 11 is 5.81. The van der Waals surface area contributed by atoms with Gasteiger partial charge >= 0.3 is 0 Å². The van der Waals surface area contributed by atoms with Crippen LogP contribution < -0.4 is 0 Å². The van der Waals surface area contributed by atoms with Crippen LogP contribution in [0.1, 0.15) is 10.4 Å². The molecule has 1 saturated heterocycles. The van der Waals surface area contributed by atoms with E-state index in [-0.39, 0.29) is 36.8 Å². The van der Waals surface area contributed by atoms with Crippen LogP contribution in [0, 0.1) is 17.5 Å². The van der Waals surface area contributed by atoms with Gasteiger partial charge in [0.25, 0.3) is 5.91 Å². The number of benzene rings is 2. The first-order valence-electron chi connectivity index (χ1n) is 7.90. The molecule has 0 aliphatic carbocycles. The fraction of sp³-hybridized carbons (Fsp3) is 0.235. The third-order valence-corrected chi connectivity index (χ3v) is 6.47. The molecule has 1 heterocycles. The van der Waals surface area contributed by atoms with Crippen molar-refractivity contribution in [2.75, 3.05) is 26.2 Å². The molecular weight excluding hydrogens is 405 g/mol. The molecule has 1 fully saturated rings. The van der Waals surface area contributed by atoms with E-state index in [1.807, 2.05) is 0 Å². The Balaban J connectivity index is 1.75. The average Bonchev–Trinajstić information content (AvgIpc) is 2.64. The van der Waals surface area contributed by atoms with Crippen LogP contribution in [-0.2, 0) is 10.0 Å². The Morgan fingerprint density at radius 3 is 2.15 bits per heavy atom. The molecule has 1 amide bonds. The molecule has 2 aromatic rings. The molecule has 0 aromatic heterocycles. The highest BCUT2D eigenvalue weighted by Gasteiger charge is 2.32. The summed E-state index contributed by atoms with van der Waals surface area (Å²) in [6.45, 7) is -0.128. The normalized spacial score (nSPS) is 15.8. The Bertz CT molecular complexity index is 993. The SMILES string of the molecule is O=C(c1cc(F)c(F)cc1Cl)N1CCN(S(=O)(=O)c2ccccc2F)CC1. The second-order valence-electron chi connectivity index (χ2n) is 5.87. The van der Waals surface area contributed by atoms with Crippen LogP contribution >= 0.6 is 11.6 Å². The van der Waals surface area contributed by atoms with Crippen molar-refractivity contribution in [1.82, 2.24) is 9.21 Å². The zero-order valence-electron chi connectivity index (χ0n) is 13.8. The lowest BCUT2D eigenvalue weighted by molar-refractivity contribution is 0.0697. The molecule has 3 rings (SSSR count). The smallest absolute Gasteiger partial charge is 0.255 e. The predicted molar refractivity (Wildman–Crippen MR) is 92.4 cm³/mol. The standard InChI is InChI=1S/C17H14ClF3N2O3S/c18-12-10-15(21)14(20)9-11(12)17(24)22-5-7-23(8-6-22)27(25,26)16-4-2-1-3-13(16)19/h1-4,9-10H,5-8H2. The molecule has 0 spiro atoms. The monoisotopic (exact) mass is 418 g/mol. The molecule has 2 aromatic carbocycles. The van der Waals surface area contributed by atoms with Crippen LogP contribution in [0.25, 0.3) is 0 Å². The van der Waals surface area contributed by atoms with Crippen molar-refractivity contribution in [2.45, 2.75) is 4.90 Å². The molecule has 27 heavy (non-hydrogen) atoms. The number of piperazine rings is 1. The van der Waals surface area contributed by atoms with Gasteiger partial charge in [0.15, 0.2) is 11.6 Å². The highest BCUT2D eigenvalue weighted by molar-refractivity contribution is 7.89. The van der Waals surface area contributed by atoms with E-state index >= 15 is 0 Å². The Morgan fingerprint density at radius 1 is 0.926 bits per heavy atom. The maximum atomic E-state index is 13.8. The fourth-order valence-electron chi connectivity index (χ4n) is 2.78. The first-order valence-corrected chi connectivity index (χ1v) is 9.72. The summed E-state index contributed by atoms with van der Waals surface area (Å²) < 4.78 is 66.6. The van der Waals surface area contributed by atoms with E-state index in [4.69, 9.17) is 11.6 Å². The van der Waals surface area contributed by atoms with Crippen molar-refractivity contribution >= 4 is 27.5 Å². The first kappa shape index (κ1) is 19.7. The highest BCUT2D eigenvalue weighted by Crippen LogP contribution is 2.24. The van der Waals surface area contributed by atoms with Crippen molar-refractivity contribution in [3.8, 4) is 0 Å². The molecule has 10 heteroatoms. The summed E-state index contributed by atoms with van der Waals surface area (Å²) in [6.07, 6.45) is 0. The molecule has 1 aliphatic heterocycles. The predicted octanol–water partition coefficient (Wildman–Crippen LogP) is 2.90. The van der Waals surface area contributed by atoms with Crippen LogP contribution in [0.3, 0.4) is 0 Å². The van der Waals surface area contributed by atoms with Crippen LogP contribution in [0.2, 0.25) is 5.02 Å². The number of amides is 1. The maximum absolute atomic E-state index is 13.8. The molecule has 0 atom stereocenters. The van der Waals surface area contributed by atoms with Gasteiger partial charge in [0.05, 0.1) is 10.6 Å². The second kappa shape index (κ2) is 7.49. The third kappa shape index (κ3) is 3.80. The third-order valence-electron chi connectivity index (χ3n) is 4.22. The Labute approximate surface area is 159 Å². The lowest BCUT2D eigenvalue weighted by atomic mass is 10.1. The van der Waals surface area contributed by atoms with Crippen LogP contribution in [0.15, 0.2) is 41.3 Å². The zero-order valence-corrected chi connectivity index (χ0v) is 15.4. The molecule has 5 nitrogen and oxygen atoms in total. The van der Waals surface area contributed by atoms with Gasteiger partial charge in [-0.1, -0.05) is 23.7 Å². The quantitative estimate of drug-likeness (QED) is 0.720.